The first-order chi connectivity index (χ1) is 22.6. The second-order valence-corrected chi connectivity index (χ2v) is 16.0. The molecule has 2 N–H and O–H groups in total. The van der Waals surface area contributed by atoms with Gasteiger partial charge >= 0.3 is 0 Å². The number of sulfonamides is 1. The standard InChI is InChI=1S/C35H41ClN4O6S/c1-22-37-38-33(46-22)15-11-27-6-2-3-7-31(41)28-12-8-25(28)19-40-20-35(16-4-5-23-17-26(36)10-13-29(23)35)21-45-32-14-9-24(18-30(32)40)34(42)39-47(27,43)44/h3,7,9-10,13-14,17-18,25,27-28,31,41H,2,4-6,8,11-12,15-16,19-21H2,1H3,(H,39,42)/b7-3+/t25-,27+,28+,31-,35-/m0/s1. The Bertz CT molecular complexity index is 1790. The van der Waals surface area contributed by atoms with Crippen LogP contribution in [0.2, 0.25) is 5.02 Å². The quantitative estimate of drug-likeness (QED) is 0.353. The number of rotatable bonds is 3. The summed E-state index contributed by atoms with van der Waals surface area (Å²) in [5, 5.41) is 18.9. The van der Waals surface area contributed by atoms with E-state index in [1.54, 1.807) is 25.1 Å². The zero-order valence-corrected chi connectivity index (χ0v) is 28.1. The first kappa shape index (κ1) is 32.2. The molecular formula is C35H41ClN4O6S. The van der Waals surface area contributed by atoms with Crippen molar-refractivity contribution in [2.24, 2.45) is 11.8 Å². The van der Waals surface area contributed by atoms with Gasteiger partial charge in [-0.3, -0.25) is 4.79 Å². The molecule has 4 aliphatic rings. The zero-order valence-electron chi connectivity index (χ0n) is 26.5. The van der Waals surface area contributed by atoms with Gasteiger partial charge in [-0.05, 0) is 105 Å². The molecule has 1 fully saturated rings. The number of benzene rings is 2. The number of carbonyl (C=O) groups excluding carboxylic acids is 1. The van der Waals surface area contributed by atoms with E-state index in [9.17, 15) is 18.3 Å². The smallest absolute Gasteiger partial charge is 0.264 e. The molecule has 47 heavy (non-hydrogen) atoms. The number of anilines is 1. The van der Waals surface area contributed by atoms with Gasteiger partial charge in [0.2, 0.25) is 21.8 Å². The summed E-state index contributed by atoms with van der Waals surface area (Å²) < 4.78 is 41.7. The lowest BCUT2D eigenvalue weighted by Gasteiger charge is -2.45. The van der Waals surface area contributed by atoms with E-state index in [1.165, 1.54) is 11.1 Å². The van der Waals surface area contributed by atoms with Crippen molar-refractivity contribution in [3.63, 3.8) is 0 Å². The van der Waals surface area contributed by atoms with Crippen LogP contribution in [0.15, 0.2) is 53.0 Å². The first-order valence-electron chi connectivity index (χ1n) is 16.6. The van der Waals surface area contributed by atoms with Crippen molar-refractivity contribution in [2.45, 2.75) is 81.5 Å². The summed E-state index contributed by atoms with van der Waals surface area (Å²) >= 11 is 6.41. The lowest BCUT2D eigenvalue weighted by Crippen LogP contribution is -2.49. The van der Waals surface area contributed by atoms with Gasteiger partial charge in [0.25, 0.3) is 5.91 Å². The van der Waals surface area contributed by atoms with E-state index in [2.05, 4.69) is 32.0 Å². The highest BCUT2D eigenvalue weighted by atomic mass is 35.5. The van der Waals surface area contributed by atoms with Crippen molar-refractivity contribution in [3.05, 3.63) is 82.0 Å². The van der Waals surface area contributed by atoms with Crippen molar-refractivity contribution in [1.29, 1.82) is 0 Å². The Kier molecular flexibility index (Phi) is 8.82. The van der Waals surface area contributed by atoms with E-state index >= 15 is 0 Å². The summed E-state index contributed by atoms with van der Waals surface area (Å²) in [5.74, 6) is 1.08. The number of nitrogens with one attached hydrogen (secondary N) is 1. The minimum Gasteiger partial charge on any atom is -0.490 e. The zero-order chi connectivity index (χ0) is 32.8. The van der Waals surface area contributed by atoms with Crippen LogP contribution in [-0.4, -0.2) is 60.7 Å². The molecule has 5 atom stereocenters. The predicted molar refractivity (Wildman–Crippen MR) is 178 cm³/mol. The number of allylic oxidation sites excluding steroid dienone is 1. The number of carbonyl (C=O) groups is 1. The highest BCUT2D eigenvalue weighted by Crippen LogP contribution is 2.46. The van der Waals surface area contributed by atoms with Crippen LogP contribution in [0.4, 0.5) is 5.69 Å². The summed E-state index contributed by atoms with van der Waals surface area (Å²) in [6.45, 7) is 3.52. The number of aromatic nitrogens is 2. The summed E-state index contributed by atoms with van der Waals surface area (Å²) in [6, 6.07) is 11.3. The molecule has 2 aromatic carbocycles. The van der Waals surface area contributed by atoms with Crippen molar-refractivity contribution in [1.82, 2.24) is 14.9 Å². The number of aliphatic hydroxyl groups excluding tert-OH is 1. The Morgan fingerprint density at radius 1 is 1.15 bits per heavy atom. The predicted octanol–water partition coefficient (Wildman–Crippen LogP) is 5.30. The van der Waals surface area contributed by atoms with Crippen molar-refractivity contribution in [3.8, 4) is 5.75 Å². The van der Waals surface area contributed by atoms with Crippen LogP contribution in [0.1, 0.15) is 78.2 Å². The maximum Gasteiger partial charge on any atom is 0.264 e. The number of aryl methyl sites for hydroxylation is 3. The minimum absolute atomic E-state index is 0.0898. The Morgan fingerprint density at radius 2 is 2.02 bits per heavy atom. The third-order valence-electron chi connectivity index (χ3n) is 10.6. The monoisotopic (exact) mass is 680 g/mol. The van der Waals surface area contributed by atoms with E-state index in [-0.39, 0.29) is 42.1 Å². The molecule has 2 aliphatic heterocycles. The molecule has 3 aromatic rings. The average molecular weight is 681 g/mol. The van der Waals surface area contributed by atoms with Crippen molar-refractivity contribution in [2.75, 3.05) is 24.6 Å². The van der Waals surface area contributed by atoms with Crippen LogP contribution in [0.5, 0.6) is 5.75 Å². The molecule has 12 heteroatoms. The van der Waals surface area contributed by atoms with E-state index in [1.807, 2.05) is 18.2 Å². The maximum absolute atomic E-state index is 13.7. The number of ether oxygens (including phenoxy) is 1. The Morgan fingerprint density at radius 3 is 2.81 bits per heavy atom. The van der Waals surface area contributed by atoms with Crippen molar-refractivity contribution < 1.29 is 27.5 Å². The van der Waals surface area contributed by atoms with Gasteiger partial charge in [0.05, 0.1) is 23.6 Å². The van der Waals surface area contributed by atoms with E-state index in [0.717, 1.165) is 42.8 Å². The fourth-order valence-electron chi connectivity index (χ4n) is 7.92. The van der Waals surface area contributed by atoms with Crippen LogP contribution in [-0.2, 0) is 28.3 Å². The third-order valence-corrected chi connectivity index (χ3v) is 12.6. The van der Waals surface area contributed by atoms with Crippen LogP contribution in [0, 0.1) is 18.8 Å². The number of hydrogen-bond donors (Lipinski definition) is 2. The molecular weight excluding hydrogens is 640 g/mol. The fraction of sp³-hybridized carbons (Fsp3) is 0.514. The SMILES string of the molecule is Cc1nnc(CC[C@H]2CC/C=C/[C@H](O)[C@@H]3CC[C@H]3CN3C[C@@]4(CCCc5cc(Cl)ccc54)COc4ccc(cc43)C(=O)NS2(=O)=O)o1. The van der Waals surface area contributed by atoms with Gasteiger partial charge in [0.15, 0.2) is 0 Å². The van der Waals surface area contributed by atoms with Gasteiger partial charge < -0.3 is 19.2 Å². The lowest BCUT2D eigenvalue weighted by atomic mass is 9.68. The first-order valence-corrected chi connectivity index (χ1v) is 18.5. The summed E-state index contributed by atoms with van der Waals surface area (Å²) in [4.78, 5) is 15.9. The Balaban J connectivity index is 1.24. The van der Waals surface area contributed by atoms with Gasteiger partial charge in [-0.25, -0.2) is 13.1 Å². The topological polar surface area (TPSA) is 135 Å². The highest BCUT2D eigenvalue weighted by molar-refractivity contribution is 7.90. The molecule has 250 valence electrons. The molecule has 10 nitrogen and oxygen atoms in total. The number of amides is 1. The molecule has 0 unspecified atom stereocenters. The van der Waals surface area contributed by atoms with Gasteiger partial charge in [-0.15, -0.1) is 10.2 Å². The molecule has 1 aromatic heterocycles. The van der Waals surface area contributed by atoms with Gasteiger partial charge in [-0.1, -0.05) is 29.8 Å². The van der Waals surface area contributed by atoms with Crippen LogP contribution >= 0.6 is 11.6 Å². The second kappa shape index (κ2) is 12.9. The molecule has 0 radical (unpaired) electrons. The lowest BCUT2D eigenvalue weighted by molar-refractivity contribution is 0.0456. The average Bonchev–Trinajstić information content (AvgIpc) is 3.37. The molecule has 7 rings (SSSR count). The number of halogens is 1. The minimum atomic E-state index is -4.08. The molecule has 1 saturated carbocycles. The number of fused-ring (bicyclic) bond motifs is 4. The largest absolute Gasteiger partial charge is 0.490 e. The van der Waals surface area contributed by atoms with Gasteiger partial charge in [-0.2, -0.15) is 0 Å². The molecule has 2 aliphatic carbocycles. The summed E-state index contributed by atoms with van der Waals surface area (Å²) in [7, 11) is -4.08. The molecule has 2 bridgehead atoms. The second-order valence-electron chi connectivity index (χ2n) is 13.6. The number of nitrogens with zero attached hydrogens (tertiary/aromatic N) is 3. The number of hydrogen-bond acceptors (Lipinski definition) is 9. The van der Waals surface area contributed by atoms with Gasteiger partial charge in [0.1, 0.15) is 5.75 Å². The molecule has 1 amide bonds. The van der Waals surface area contributed by atoms with E-state index in [0.29, 0.717) is 43.6 Å². The van der Waals surface area contributed by atoms with Crippen molar-refractivity contribution >= 4 is 33.2 Å². The fourth-order valence-corrected chi connectivity index (χ4v) is 9.53. The van der Waals surface area contributed by atoms with Crippen LogP contribution in [0.25, 0.3) is 0 Å². The normalized spacial score (nSPS) is 29.4. The maximum atomic E-state index is 13.7. The van der Waals surface area contributed by atoms with Crippen LogP contribution < -0.4 is 14.4 Å². The number of aliphatic hydroxyl groups is 1. The molecule has 3 heterocycles. The van der Waals surface area contributed by atoms with Crippen LogP contribution in [0.3, 0.4) is 0 Å². The van der Waals surface area contributed by atoms with E-state index in [4.69, 9.17) is 20.8 Å². The molecule has 1 spiro atoms. The van der Waals surface area contributed by atoms with E-state index < -0.39 is 27.3 Å². The van der Waals surface area contributed by atoms with Gasteiger partial charge in [0, 0.05) is 42.4 Å². The Hall–Kier alpha value is -3.41. The third kappa shape index (κ3) is 6.54. The summed E-state index contributed by atoms with van der Waals surface area (Å²) in [5.41, 5.74) is 3.21. The molecule has 0 saturated heterocycles. The summed E-state index contributed by atoms with van der Waals surface area (Å²) in [6.07, 6.45) is 9.06. The Labute approximate surface area is 280 Å². The highest BCUT2D eigenvalue weighted by Gasteiger charge is 2.44.